The highest BCUT2D eigenvalue weighted by atomic mass is 35.5. The van der Waals surface area contributed by atoms with Gasteiger partial charge in [-0.3, -0.25) is 24.3 Å². The third-order valence-electron chi connectivity index (χ3n) is 6.07. The number of carbonyl (C=O) groups is 1. The Morgan fingerprint density at radius 2 is 1.86 bits per heavy atom. The molecule has 0 atom stereocenters. The van der Waals surface area contributed by atoms with Gasteiger partial charge in [0.1, 0.15) is 33.0 Å². The zero-order chi connectivity index (χ0) is 29.8. The molecule has 208 valence electrons. The van der Waals surface area contributed by atoms with Crippen molar-refractivity contribution < 1.29 is 18.9 Å². The molecule has 0 aliphatic rings. The average molecular weight is 599 g/mol. The minimum atomic E-state index is -0.713. The molecule has 0 aliphatic carbocycles. The van der Waals surface area contributed by atoms with E-state index in [1.807, 2.05) is 6.07 Å². The van der Waals surface area contributed by atoms with Crippen LogP contribution in [0, 0.1) is 21.4 Å². The Kier molecular flexibility index (Phi) is 8.01. The molecule has 0 saturated carbocycles. The number of para-hydroxylation sites is 3. The van der Waals surface area contributed by atoms with E-state index >= 15 is 0 Å². The number of benzene rings is 3. The largest absolute Gasteiger partial charge is 0.495 e. The van der Waals surface area contributed by atoms with Gasteiger partial charge in [0.05, 0.1) is 27.9 Å². The number of hydrogen-bond acceptors (Lipinski definition) is 8. The maximum Gasteiger partial charge on any atom is 0.287 e. The Hall–Kier alpha value is -5.44. The van der Waals surface area contributed by atoms with E-state index in [4.69, 9.17) is 20.8 Å². The summed E-state index contributed by atoms with van der Waals surface area (Å²) in [6.45, 7) is 0. The number of rotatable bonds is 7. The molecule has 2 heterocycles. The molecule has 0 radical (unpaired) electrons. The van der Waals surface area contributed by atoms with Crippen LogP contribution in [0.1, 0.15) is 5.76 Å². The van der Waals surface area contributed by atoms with Crippen LogP contribution in [0.3, 0.4) is 0 Å². The Morgan fingerprint density at radius 3 is 2.55 bits per heavy atom. The number of halogens is 1. The maximum atomic E-state index is 13.7. The van der Waals surface area contributed by atoms with E-state index in [-0.39, 0.29) is 25.5 Å². The van der Waals surface area contributed by atoms with Gasteiger partial charge < -0.3 is 14.5 Å². The van der Waals surface area contributed by atoms with Gasteiger partial charge in [-0.2, -0.15) is 5.26 Å². The van der Waals surface area contributed by atoms with Gasteiger partial charge in [0.15, 0.2) is 5.57 Å². The second-order valence-electron chi connectivity index (χ2n) is 8.66. The fourth-order valence-corrected chi connectivity index (χ4v) is 5.44. The Bertz CT molecular complexity index is 2060. The normalized spacial score (nSPS) is 12.0. The van der Waals surface area contributed by atoms with Crippen LogP contribution in [-0.4, -0.2) is 22.5 Å². The summed E-state index contributed by atoms with van der Waals surface area (Å²) in [4.78, 5) is 37.5. The number of nitriles is 1. The van der Waals surface area contributed by atoms with Crippen molar-refractivity contribution in [2.45, 2.75) is 0 Å². The molecule has 0 spiro atoms. The fraction of sp³-hybridized carbons (Fsp3) is 0.0333. The molecule has 5 aromatic rings. The lowest BCUT2D eigenvalue weighted by molar-refractivity contribution is -0.384. The molecular formula is C30H19ClN4O6S. The van der Waals surface area contributed by atoms with Crippen LogP contribution in [-0.2, 0) is 4.79 Å². The number of carbonyl (C=O) groups excluding carboxylic acids is 1. The Morgan fingerprint density at radius 1 is 1.12 bits per heavy atom. The molecule has 5 rings (SSSR count). The summed E-state index contributed by atoms with van der Waals surface area (Å²) in [5.74, 6) is 0.377. The smallest absolute Gasteiger partial charge is 0.287 e. The molecule has 0 saturated heterocycles. The summed E-state index contributed by atoms with van der Waals surface area (Å²) in [7, 11) is 1.46. The van der Waals surface area contributed by atoms with E-state index in [0.29, 0.717) is 34.2 Å². The summed E-state index contributed by atoms with van der Waals surface area (Å²) in [6.07, 6.45) is 1.50. The number of nitrogens with one attached hydrogen (secondary N) is 1. The number of aromatic nitrogens is 1. The van der Waals surface area contributed by atoms with Gasteiger partial charge in [-0.1, -0.05) is 41.9 Å². The van der Waals surface area contributed by atoms with Crippen LogP contribution in [0.5, 0.6) is 5.75 Å². The molecular weight excluding hydrogens is 580 g/mol. The lowest BCUT2D eigenvalue weighted by Crippen LogP contribution is -2.32. The molecule has 42 heavy (non-hydrogen) atoms. The molecule has 2 aromatic heterocycles. The predicted octanol–water partition coefficient (Wildman–Crippen LogP) is 4.87. The van der Waals surface area contributed by atoms with Crippen molar-refractivity contribution in [1.29, 1.82) is 5.26 Å². The van der Waals surface area contributed by atoms with E-state index in [0.717, 1.165) is 11.3 Å². The van der Waals surface area contributed by atoms with Gasteiger partial charge in [-0.05, 0) is 48.5 Å². The van der Waals surface area contributed by atoms with Crippen molar-refractivity contribution in [3.05, 3.63) is 125 Å². The zero-order valence-electron chi connectivity index (χ0n) is 21.7. The topological polar surface area (TPSA) is 140 Å². The van der Waals surface area contributed by atoms with Crippen LogP contribution in [0.25, 0.3) is 28.7 Å². The highest BCUT2D eigenvalue weighted by molar-refractivity contribution is 7.07. The van der Waals surface area contributed by atoms with E-state index in [2.05, 4.69) is 5.32 Å². The van der Waals surface area contributed by atoms with Gasteiger partial charge in [0, 0.05) is 17.7 Å². The first-order valence-electron chi connectivity index (χ1n) is 12.2. The molecule has 3 aromatic carbocycles. The summed E-state index contributed by atoms with van der Waals surface area (Å²) >= 11 is 7.00. The number of nitro groups is 1. The van der Waals surface area contributed by atoms with Crippen molar-refractivity contribution in [3.8, 4) is 28.8 Å². The van der Waals surface area contributed by atoms with Gasteiger partial charge in [-0.25, -0.2) is 0 Å². The minimum Gasteiger partial charge on any atom is -0.495 e. The first-order chi connectivity index (χ1) is 20.3. The van der Waals surface area contributed by atoms with Crippen molar-refractivity contribution in [1.82, 2.24) is 4.57 Å². The first kappa shape index (κ1) is 28.1. The van der Waals surface area contributed by atoms with Crippen molar-refractivity contribution in [3.63, 3.8) is 0 Å². The van der Waals surface area contributed by atoms with Crippen LogP contribution in [0.15, 0.2) is 94.1 Å². The summed E-state index contributed by atoms with van der Waals surface area (Å²) < 4.78 is 12.8. The van der Waals surface area contributed by atoms with Crippen LogP contribution in [0.4, 0.5) is 11.4 Å². The van der Waals surface area contributed by atoms with E-state index in [1.165, 1.54) is 36.0 Å². The predicted molar refractivity (Wildman–Crippen MR) is 159 cm³/mol. The molecule has 0 aliphatic heterocycles. The lowest BCUT2D eigenvalue weighted by Gasteiger charge is -2.09. The van der Waals surface area contributed by atoms with Crippen molar-refractivity contribution >= 4 is 51.9 Å². The molecule has 12 heteroatoms. The molecule has 0 unspecified atom stereocenters. The summed E-state index contributed by atoms with van der Waals surface area (Å²) in [5.41, 5.74) is 0.371. The van der Waals surface area contributed by atoms with Crippen LogP contribution in [0.2, 0.25) is 5.02 Å². The first-order valence-corrected chi connectivity index (χ1v) is 13.4. The van der Waals surface area contributed by atoms with Crippen LogP contribution < -0.4 is 24.8 Å². The SMILES string of the molecule is COc1ccccc1NC(=O)/C(C#N)=c1\s/c(=C/c2ccc(-c3ccc([N+](=O)[O-])c(Cl)c3)o2)c(=O)n1-c1ccccc1. The van der Waals surface area contributed by atoms with E-state index in [9.17, 15) is 25.0 Å². The van der Waals surface area contributed by atoms with Crippen molar-refractivity contribution in [2.24, 2.45) is 0 Å². The number of nitrogens with zero attached hydrogens (tertiary/aromatic N) is 3. The number of ether oxygens (including phenoxy) is 1. The fourth-order valence-electron chi connectivity index (χ4n) is 4.11. The number of hydrogen-bond donors (Lipinski definition) is 1. The van der Waals surface area contributed by atoms with Gasteiger partial charge in [0.2, 0.25) is 0 Å². The third-order valence-corrected chi connectivity index (χ3v) is 7.47. The Balaban J connectivity index is 1.63. The second kappa shape index (κ2) is 12.0. The molecule has 1 N–H and O–H groups in total. The second-order valence-corrected chi connectivity index (χ2v) is 10.1. The summed E-state index contributed by atoms with van der Waals surface area (Å²) in [6, 6.07) is 24.8. The highest BCUT2D eigenvalue weighted by Gasteiger charge is 2.19. The van der Waals surface area contributed by atoms with Gasteiger partial charge in [0.25, 0.3) is 17.2 Å². The monoisotopic (exact) mass is 598 g/mol. The number of nitro benzene ring substituents is 1. The van der Waals surface area contributed by atoms with E-state index < -0.39 is 16.4 Å². The third kappa shape index (κ3) is 5.57. The number of thiazole rings is 1. The maximum absolute atomic E-state index is 13.7. The Labute approximate surface area is 246 Å². The number of amides is 1. The number of furan rings is 1. The van der Waals surface area contributed by atoms with Gasteiger partial charge >= 0.3 is 0 Å². The summed E-state index contributed by atoms with van der Waals surface area (Å²) in [5, 5.41) is 23.8. The van der Waals surface area contributed by atoms with E-state index in [1.54, 1.807) is 66.7 Å². The number of methoxy groups -OCH3 is 1. The number of anilines is 1. The quantitative estimate of drug-likeness (QED) is 0.208. The van der Waals surface area contributed by atoms with Crippen molar-refractivity contribution in [2.75, 3.05) is 12.4 Å². The highest BCUT2D eigenvalue weighted by Crippen LogP contribution is 2.31. The lowest BCUT2D eigenvalue weighted by atomic mass is 10.1. The molecule has 0 fully saturated rings. The van der Waals surface area contributed by atoms with Gasteiger partial charge in [-0.15, -0.1) is 11.3 Å². The average Bonchev–Trinajstić information content (AvgIpc) is 3.58. The van der Waals surface area contributed by atoms with Crippen LogP contribution >= 0.6 is 22.9 Å². The zero-order valence-corrected chi connectivity index (χ0v) is 23.3. The molecule has 10 nitrogen and oxygen atoms in total. The minimum absolute atomic E-state index is 0.0426. The molecule has 1 amide bonds. The standard InChI is InChI=1S/C30H19ClN4O6S/c1-40-26-10-6-5-9-23(26)33-28(36)21(17-32)30-34(19-7-3-2-4-8-19)29(37)27(42-30)16-20-12-14-25(41-20)18-11-13-24(35(38)39)22(31)15-18/h2-16H,1H3,(H,33,36)/b27-16+,30-21-. The molecule has 0 bridgehead atoms.